The molecule has 1 fully saturated rings. The summed E-state index contributed by atoms with van der Waals surface area (Å²) < 4.78 is 36.5. The van der Waals surface area contributed by atoms with E-state index in [9.17, 15) is 14.4 Å². The lowest BCUT2D eigenvalue weighted by atomic mass is 9.93. The highest BCUT2D eigenvalue weighted by molar-refractivity contribution is 7.17. The number of hydrogen-bond acceptors (Lipinski definition) is 6. The number of carbonyl (C=O) groups is 3. The van der Waals surface area contributed by atoms with E-state index in [1.807, 2.05) is 30.3 Å². The van der Waals surface area contributed by atoms with Crippen molar-refractivity contribution in [1.82, 2.24) is 9.88 Å². The predicted molar refractivity (Wildman–Crippen MR) is 159 cm³/mol. The van der Waals surface area contributed by atoms with Crippen molar-refractivity contribution < 1.29 is 27.9 Å². The van der Waals surface area contributed by atoms with Gasteiger partial charge in [0.1, 0.15) is 9.88 Å². The number of anilines is 1. The van der Waals surface area contributed by atoms with Gasteiger partial charge in [-0.1, -0.05) is 48.5 Å². The molecule has 2 aromatic carbocycles. The maximum atomic E-state index is 15.7. The monoisotopic (exact) mass is 593 g/mol. The molecule has 7 nitrogen and oxygen atoms in total. The smallest absolute Gasteiger partial charge is 0.306 e. The zero-order valence-corrected chi connectivity index (χ0v) is 24.5. The summed E-state index contributed by atoms with van der Waals surface area (Å²) in [6.45, 7) is 4.35. The Morgan fingerprint density at radius 3 is 2.45 bits per heavy atom. The maximum absolute atomic E-state index is 15.7. The molecule has 1 aromatic heterocycles. The Bertz CT molecular complexity index is 1500. The number of carbonyl (C=O) groups excluding carboxylic acids is 3. The molecule has 220 valence electrons. The molecule has 0 atom stereocenters. The fraction of sp³-hybridized carbons (Fsp3) is 0.375. The fourth-order valence-corrected chi connectivity index (χ4v) is 6.51. The fourth-order valence-electron chi connectivity index (χ4n) is 5.48. The van der Waals surface area contributed by atoms with Gasteiger partial charge in [0.25, 0.3) is 11.8 Å². The number of nitrogens with zero attached hydrogens (tertiary/aromatic N) is 3. The summed E-state index contributed by atoms with van der Waals surface area (Å²) in [4.78, 5) is 46.8. The Morgan fingerprint density at radius 1 is 1.05 bits per heavy atom. The number of rotatable bonds is 6. The number of para-hydroxylation sites is 1. The Labute approximate surface area is 247 Å². The minimum atomic E-state index is -3.33. The van der Waals surface area contributed by atoms with Gasteiger partial charge in [0.2, 0.25) is 5.91 Å². The van der Waals surface area contributed by atoms with E-state index in [-0.39, 0.29) is 24.0 Å². The summed E-state index contributed by atoms with van der Waals surface area (Å²) in [5.74, 6) is -4.40. The molecular weight excluding hydrogens is 560 g/mol. The van der Waals surface area contributed by atoms with Gasteiger partial charge in [-0.2, -0.15) is 0 Å². The Kier molecular flexibility index (Phi) is 8.82. The summed E-state index contributed by atoms with van der Waals surface area (Å²) in [6.07, 6.45) is 1.89. The van der Waals surface area contributed by atoms with Crippen LogP contribution in [-0.4, -0.2) is 59.8 Å². The topological polar surface area (TPSA) is 79.8 Å². The molecule has 1 saturated heterocycles. The highest BCUT2D eigenvalue weighted by Crippen LogP contribution is 2.44. The zero-order valence-electron chi connectivity index (χ0n) is 23.6. The molecule has 0 N–H and O–H groups in total. The first-order valence-electron chi connectivity index (χ1n) is 14.2. The van der Waals surface area contributed by atoms with Gasteiger partial charge in [0.05, 0.1) is 18.0 Å². The van der Waals surface area contributed by atoms with Crippen LogP contribution in [0.3, 0.4) is 0 Å². The van der Waals surface area contributed by atoms with Gasteiger partial charge < -0.3 is 14.5 Å². The first kappa shape index (κ1) is 29.6. The van der Waals surface area contributed by atoms with Crippen LogP contribution in [0.25, 0.3) is 16.1 Å². The number of fused-ring (bicyclic) bond motifs is 1. The van der Waals surface area contributed by atoms with Crippen molar-refractivity contribution in [1.29, 1.82) is 0 Å². The number of thiazole rings is 1. The summed E-state index contributed by atoms with van der Waals surface area (Å²) in [5, 5.41) is 0.682. The summed E-state index contributed by atoms with van der Waals surface area (Å²) in [5.41, 5.74) is 1.51. The number of amides is 2. The van der Waals surface area contributed by atoms with Gasteiger partial charge in [-0.15, -0.1) is 11.3 Å². The lowest BCUT2D eigenvalue weighted by Gasteiger charge is -2.31. The SMILES string of the molecule is CCOC(=O)CC1CCN(C(=O)/C=C2/c3ccccc3N(C(=O)c3sc(-c4ccccc4)nc3C)CCC2(F)F)CC1. The van der Waals surface area contributed by atoms with Crippen molar-refractivity contribution >= 4 is 40.4 Å². The summed E-state index contributed by atoms with van der Waals surface area (Å²) in [6, 6.07) is 16.0. The molecule has 0 saturated carbocycles. The average Bonchev–Trinajstić information content (AvgIpc) is 3.33. The van der Waals surface area contributed by atoms with Crippen LogP contribution in [-0.2, 0) is 14.3 Å². The van der Waals surface area contributed by atoms with Crippen LogP contribution in [0.4, 0.5) is 14.5 Å². The molecule has 2 aliphatic heterocycles. The van der Waals surface area contributed by atoms with E-state index >= 15 is 8.78 Å². The van der Waals surface area contributed by atoms with Crippen LogP contribution in [0, 0.1) is 12.8 Å². The van der Waals surface area contributed by atoms with E-state index in [1.165, 1.54) is 22.3 Å². The lowest BCUT2D eigenvalue weighted by molar-refractivity contribution is -0.144. The molecule has 3 heterocycles. The Morgan fingerprint density at radius 2 is 1.74 bits per heavy atom. The molecule has 0 bridgehead atoms. The quantitative estimate of drug-likeness (QED) is 0.245. The van der Waals surface area contributed by atoms with Crippen molar-refractivity contribution in [2.24, 2.45) is 5.92 Å². The molecule has 0 spiro atoms. The van der Waals surface area contributed by atoms with Gasteiger partial charge in [0.15, 0.2) is 0 Å². The number of aromatic nitrogens is 1. The number of allylic oxidation sites excluding steroid dienone is 1. The molecular formula is C32H33F2N3O4S. The first-order chi connectivity index (χ1) is 20.2. The molecule has 3 aromatic rings. The summed E-state index contributed by atoms with van der Waals surface area (Å²) in [7, 11) is 0. The van der Waals surface area contributed by atoms with Crippen LogP contribution in [0.1, 0.15) is 53.5 Å². The predicted octanol–water partition coefficient (Wildman–Crippen LogP) is 6.38. The number of halogens is 2. The number of alkyl halides is 2. The van der Waals surface area contributed by atoms with Crippen LogP contribution >= 0.6 is 11.3 Å². The summed E-state index contributed by atoms with van der Waals surface area (Å²) >= 11 is 1.24. The van der Waals surface area contributed by atoms with E-state index in [2.05, 4.69) is 4.98 Å². The van der Waals surface area contributed by atoms with Crippen LogP contribution in [0.2, 0.25) is 0 Å². The zero-order chi connectivity index (χ0) is 29.9. The lowest BCUT2D eigenvalue weighted by Crippen LogP contribution is -2.38. The van der Waals surface area contributed by atoms with E-state index in [0.29, 0.717) is 60.2 Å². The average molecular weight is 594 g/mol. The Hall–Kier alpha value is -3.92. The highest BCUT2D eigenvalue weighted by Gasteiger charge is 2.42. The van der Waals surface area contributed by atoms with Crippen LogP contribution < -0.4 is 4.90 Å². The van der Waals surface area contributed by atoms with Gasteiger partial charge >= 0.3 is 5.97 Å². The molecule has 2 amide bonds. The van der Waals surface area contributed by atoms with Crippen molar-refractivity contribution in [3.63, 3.8) is 0 Å². The number of benzene rings is 2. The molecule has 0 aliphatic carbocycles. The normalized spacial score (nSPS) is 18.0. The van der Waals surface area contributed by atoms with Crippen LogP contribution in [0.15, 0.2) is 60.7 Å². The second-order valence-corrected chi connectivity index (χ2v) is 11.6. The second-order valence-electron chi connectivity index (χ2n) is 10.6. The number of esters is 1. The number of ether oxygens (including phenoxy) is 1. The number of piperidine rings is 1. The van der Waals surface area contributed by atoms with E-state index in [1.54, 1.807) is 36.9 Å². The van der Waals surface area contributed by atoms with Crippen molar-refractivity contribution in [2.45, 2.75) is 45.5 Å². The number of aryl methyl sites for hydroxylation is 1. The Balaban J connectivity index is 1.40. The van der Waals surface area contributed by atoms with Gasteiger partial charge in [0, 0.05) is 55.3 Å². The van der Waals surface area contributed by atoms with Crippen LogP contribution in [0.5, 0.6) is 0 Å². The number of likely N-dealkylation sites (tertiary alicyclic amines) is 1. The third kappa shape index (κ3) is 6.28. The minimum Gasteiger partial charge on any atom is -0.466 e. The van der Waals surface area contributed by atoms with E-state index in [4.69, 9.17) is 4.74 Å². The first-order valence-corrected chi connectivity index (χ1v) is 15.0. The molecule has 5 rings (SSSR count). The van der Waals surface area contributed by atoms with Crippen molar-refractivity contribution in [2.75, 3.05) is 31.1 Å². The largest absolute Gasteiger partial charge is 0.466 e. The highest BCUT2D eigenvalue weighted by atomic mass is 32.1. The number of hydrogen-bond donors (Lipinski definition) is 0. The second kappa shape index (κ2) is 12.5. The van der Waals surface area contributed by atoms with Gasteiger partial charge in [-0.3, -0.25) is 14.4 Å². The third-order valence-corrected chi connectivity index (χ3v) is 8.93. The molecule has 0 unspecified atom stereocenters. The minimum absolute atomic E-state index is 0.0953. The molecule has 42 heavy (non-hydrogen) atoms. The third-order valence-electron chi connectivity index (χ3n) is 7.74. The van der Waals surface area contributed by atoms with Crippen molar-refractivity contribution in [3.8, 4) is 10.6 Å². The molecule has 2 aliphatic rings. The van der Waals surface area contributed by atoms with E-state index < -0.39 is 29.7 Å². The molecule has 0 radical (unpaired) electrons. The van der Waals surface area contributed by atoms with Crippen molar-refractivity contribution in [3.05, 3.63) is 76.8 Å². The maximum Gasteiger partial charge on any atom is 0.306 e. The van der Waals surface area contributed by atoms with Gasteiger partial charge in [-0.25, -0.2) is 13.8 Å². The molecule has 10 heteroatoms. The van der Waals surface area contributed by atoms with Gasteiger partial charge in [-0.05, 0) is 38.7 Å². The standard InChI is InChI=1S/C32H33F2N3O4S/c1-3-41-28(39)19-22-13-16-36(17-14-22)27(38)20-25-24-11-7-8-12-26(24)37(18-15-32(25,33)34)31(40)29-21(2)35-30(42-29)23-9-5-4-6-10-23/h4-12,20,22H,3,13-19H2,1-2H3/b25-20-. The van der Waals surface area contributed by atoms with E-state index in [0.717, 1.165) is 11.6 Å².